The molecule has 7 heteroatoms. The average molecular weight is 258 g/mol. The summed E-state index contributed by atoms with van der Waals surface area (Å²) in [5, 5.41) is 13.5. The number of halogens is 1. The highest BCUT2D eigenvalue weighted by Crippen LogP contribution is 2.28. The maximum atomic E-state index is 13.6. The minimum absolute atomic E-state index is 0.172. The van der Waals surface area contributed by atoms with Gasteiger partial charge in [0.1, 0.15) is 5.69 Å². The van der Waals surface area contributed by atoms with E-state index < -0.39 is 23.1 Å². The summed E-state index contributed by atoms with van der Waals surface area (Å²) in [6, 6.07) is 3.22. The molecule has 0 bridgehead atoms. The Bertz CT molecular complexity index is 424. The van der Waals surface area contributed by atoms with Crippen molar-refractivity contribution in [2.75, 3.05) is 19.5 Å². The van der Waals surface area contributed by atoms with Crippen LogP contribution in [0.4, 0.5) is 15.8 Å². The molecular formula is C11H15FN2O4. The summed E-state index contributed by atoms with van der Waals surface area (Å²) in [6.07, 6.45) is -0.635. The van der Waals surface area contributed by atoms with Crippen LogP contribution in [-0.4, -0.2) is 31.5 Å². The van der Waals surface area contributed by atoms with Crippen LogP contribution < -0.4 is 5.32 Å². The summed E-state index contributed by atoms with van der Waals surface area (Å²) in [5.74, 6) is -0.693. The normalized spacial score (nSPS) is 12.5. The van der Waals surface area contributed by atoms with Crippen molar-refractivity contribution in [3.63, 3.8) is 0 Å². The lowest BCUT2D eigenvalue weighted by molar-refractivity contribution is -0.384. The molecule has 0 heterocycles. The van der Waals surface area contributed by atoms with Crippen LogP contribution >= 0.6 is 0 Å². The Morgan fingerprint density at radius 2 is 2.00 bits per heavy atom. The molecule has 0 fully saturated rings. The standard InChI is InChI=1S/C11H15FN2O4/c1-7(11(17-2)18-3)13-10-8(12)5-4-6-9(10)14(15)16/h4-7,11,13H,1-3H3. The number of rotatable bonds is 6. The summed E-state index contributed by atoms with van der Waals surface area (Å²) in [5.41, 5.74) is -0.498. The Balaban J connectivity index is 2.99. The third-order valence-electron chi connectivity index (χ3n) is 2.43. The van der Waals surface area contributed by atoms with E-state index in [0.29, 0.717) is 0 Å². The molecule has 1 unspecified atom stereocenters. The summed E-state index contributed by atoms with van der Waals surface area (Å²) >= 11 is 0. The van der Waals surface area contributed by atoms with Crippen molar-refractivity contribution in [2.24, 2.45) is 0 Å². The first kappa shape index (κ1) is 14.3. The smallest absolute Gasteiger partial charge is 0.295 e. The van der Waals surface area contributed by atoms with Crippen LogP contribution in [0.1, 0.15) is 6.92 Å². The average Bonchev–Trinajstić information content (AvgIpc) is 2.33. The largest absolute Gasteiger partial charge is 0.370 e. The maximum absolute atomic E-state index is 13.6. The first-order valence-corrected chi connectivity index (χ1v) is 5.26. The van der Waals surface area contributed by atoms with Gasteiger partial charge in [0.05, 0.1) is 11.0 Å². The van der Waals surface area contributed by atoms with Crippen LogP contribution in [0.15, 0.2) is 18.2 Å². The Labute approximate surface area is 104 Å². The van der Waals surface area contributed by atoms with Gasteiger partial charge in [-0.25, -0.2) is 4.39 Å². The number of nitrogens with zero attached hydrogens (tertiary/aromatic N) is 1. The molecular weight excluding hydrogens is 243 g/mol. The Kier molecular flexibility index (Phi) is 4.99. The third-order valence-corrected chi connectivity index (χ3v) is 2.43. The molecule has 0 amide bonds. The van der Waals surface area contributed by atoms with Gasteiger partial charge in [0, 0.05) is 20.3 Å². The van der Waals surface area contributed by atoms with Crippen molar-refractivity contribution < 1.29 is 18.8 Å². The molecule has 6 nitrogen and oxygen atoms in total. The van der Waals surface area contributed by atoms with Crippen LogP contribution in [0.3, 0.4) is 0 Å². The van der Waals surface area contributed by atoms with Crippen LogP contribution in [-0.2, 0) is 9.47 Å². The second kappa shape index (κ2) is 6.27. The summed E-state index contributed by atoms with van der Waals surface area (Å²) in [4.78, 5) is 10.2. The van der Waals surface area contributed by atoms with E-state index >= 15 is 0 Å². The van der Waals surface area contributed by atoms with E-state index in [1.807, 2.05) is 0 Å². The molecule has 0 saturated carbocycles. The van der Waals surface area contributed by atoms with Crippen LogP contribution in [0.5, 0.6) is 0 Å². The molecule has 1 atom stereocenters. The summed E-state index contributed by atoms with van der Waals surface area (Å²) < 4.78 is 23.6. The lowest BCUT2D eigenvalue weighted by Gasteiger charge is -2.23. The summed E-state index contributed by atoms with van der Waals surface area (Å²) in [6.45, 7) is 1.67. The predicted molar refractivity (Wildman–Crippen MR) is 63.9 cm³/mol. The van der Waals surface area contributed by atoms with Crippen molar-refractivity contribution in [1.29, 1.82) is 0 Å². The van der Waals surface area contributed by atoms with Crippen LogP contribution in [0.2, 0.25) is 0 Å². The highest BCUT2D eigenvalue weighted by molar-refractivity contribution is 5.62. The van der Waals surface area contributed by atoms with E-state index in [0.717, 1.165) is 6.07 Å². The molecule has 0 aliphatic rings. The van der Waals surface area contributed by atoms with Crippen LogP contribution in [0, 0.1) is 15.9 Å². The topological polar surface area (TPSA) is 73.6 Å². The van der Waals surface area contributed by atoms with Gasteiger partial charge in [-0.2, -0.15) is 0 Å². The van der Waals surface area contributed by atoms with Crippen molar-refractivity contribution in [1.82, 2.24) is 0 Å². The minimum Gasteiger partial charge on any atom is -0.370 e. The third kappa shape index (κ3) is 3.14. The highest BCUT2D eigenvalue weighted by atomic mass is 19.1. The SMILES string of the molecule is COC(OC)C(C)Nc1c(F)cccc1[N+](=O)[O-]. The fraction of sp³-hybridized carbons (Fsp3) is 0.455. The number of nitrogens with one attached hydrogen (secondary N) is 1. The van der Waals surface area contributed by atoms with Crippen molar-refractivity contribution >= 4 is 11.4 Å². The molecule has 0 saturated heterocycles. The number of methoxy groups -OCH3 is 2. The van der Waals surface area contributed by atoms with Gasteiger partial charge in [0.2, 0.25) is 0 Å². The van der Waals surface area contributed by atoms with Crippen molar-refractivity contribution in [3.8, 4) is 0 Å². The monoisotopic (exact) mass is 258 g/mol. The van der Waals surface area contributed by atoms with Crippen molar-refractivity contribution in [2.45, 2.75) is 19.3 Å². The fourth-order valence-electron chi connectivity index (χ4n) is 1.61. The Hall–Kier alpha value is -1.73. The molecule has 0 radical (unpaired) electrons. The van der Waals surface area contributed by atoms with E-state index in [2.05, 4.69) is 5.32 Å². The van der Waals surface area contributed by atoms with E-state index in [1.54, 1.807) is 6.92 Å². The number of nitro benzene ring substituents is 1. The maximum Gasteiger partial charge on any atom is 0.295 e. The number of nitro groups is 1. The van der Waals surface area contributed by atoms with E-state index in [4.69, 9.17) is 9.47 Å². The van der Waals surface area contributed by atoms with Gasteiger partial charge in [-0.3, -0.25) is 10.1 Å². The zero-order valence-electron chi connectivity index (χ0n) is 10.3. The molecule has 1 aromatic rings. The van der Waals surface area contributed by atoms with E-state index in [1.165, 1.54) is 26.4 Å². The van der Waals surface area contributed by atoms with Gasteiger partial charge in [-0.05, 0) is 13.0 Å². The Morgan fingerprint density at radius 1 is 1.39 bits per heavy atom. The summed E-state index contributed by atoms with van der Waals surface area (Å²) in [7, 11) is 2.87. The number of para-hydroxylation sites is 1. The van der Waals surface area contributed by atoms with Gasteiger partial charge in [-0.1, -0.05) is 6.07 Å². The number of ether oxygens (including phenoxy) is 2. The van der Waals surface area contributed by atoms with Gasteiger partial charge < -0.3 is 14.8 Å². The van der Waals surface area contributed by atoms with E-state index in [9.17, 15) is 14.5 Å². The number of anilines is 1. The number of hydrogen-bond acceptors (Lipinski definition) is 5. The molecule has 0 aromatic heterocycles. The molecule has 1 N–H and O–H groups in total. The van der Waals surface area contributed by atoms with E-state index in [-0.39, 0.29) is 11.4 Å². The van der Waals surface area contributed by atoms with Gasteiger partial charge in [-0.15, -0.1) is 0 Å². The first-order chi connectivity index (χ1) is 8.51. The quantitative estimate of drug-likeness (QED) is 0.481. The van der Waals surface area contributed by atoms with Crippen molar-refractivity contribution in [3.05, 3.63) is 34.1 Å². The first-order valence-electron chi connectivity index (χ1n) is 5.26. The second-order valence-electron chi connectivity index (χ2n) is 3.66. The molecule has 0 spiro atoms. The molecule has 1 aromatic carbocycles. The lowest BCUT2D eigenvalue weighted by atomic mass is 10.2. The zero-order chi connectivity index (χ0) is 13.7. The number of hydrogen-bond donors (Lipinski definition) is 1. The second-order valence-corrected chi connectivity index (χ2v) is 3.66. The molecule has 0 aliphatic heterocycles. The minimum atomic E-state index is -0.693. The molecule has 18 heavy (non-hydrogen) atoms. The van der Waals surface area contributed by atoms with Gasteiger partial charge in [0.25, 0.3) is 5.69 Å². The lowest BCUT2D eigenvalue weighted by Crippen LogP contribution is -2.34. The van der Waals surface area contributed by atoms with Gasteiger partial charge in [0.15, 0.2) is 12.1 Å². The zero-order valence-corrected chi connectivity index (χ0v) is 10.3. The fourth-order valence-corrected chi connectivity index (χ4v) is 1.61. The van der Waals surface area contributed by atoms with Crippen LogP contribution in [0.25, 0.3) is 0 Å². The predicted octanol–water partition coefficient (Wildman–Crippen LogP) is 2.15. The number of benzene rings is 1. The molecule has 1 rings (SSSR count). The Morgan fingerprint density at radius 3 is 2.50 bits per heavy atom. The molecule has 100 valence electrons. The highest BCUT2D eigenvalue weighted by Gasteiger charge is 2.23. The molecule has 0 aliphatic carbocycles. The van der Waals surface area contributed by atoms with Gasteiger partial charge >= 0.3 is 0 Å².